The molecule has 0 saturated carbocycles. The number of para-hydroxylation sites is 5. The minimum absolute atomic E-state index is 0.680. The molecule has 6 aromatic heterocycles. The van der Waals surface area contributed by atoms with Gasteiger partial charge in [0.05, 0.1) is 66.9 Å². The quantitative estimate of drug-likeness (QED) is 0.103. The van der Waals surface area contributed by atoms with Crippen molar-refractivity contribution in [1.29, 1.82) is 0 Å². The molecule has 0 unspecified atom stereocenters. The van der Waals surface area contributed by atoms with E-state index < -0.39 is 0 Å². The molecule has 8 nitrogen and oxygen atoms in total. The topological polar surface area (TPSA) is 71.3 Å². The lowest BCUT2D eigenvalue weighted by atomic mass is 10.0. The van der Waals surface area contributed by atoms with Gasteiger partial charge < -0.3 is 18.3 Å². The average Bonchev–Trinajstić information content (AvgIpc) is 1.59. The molecule has 6 heterocycles. The lowest BCUT2D eigenvalue weighted by molar-refractivity contribution is 1.16. The van der Waals surface area contributed by atoms with Crippen LogP contribution in [0.5, 0.6) is 0 Å². The number of hydrogen-bond acceptors (Lipinski definition) is 4. The van der Waals surface area contributed by atoms with Crippen molar-refractivity contribution in [3.8, 4) is 146 Å². The van der Waals surface area contributed by atoms with E-state index in [1.54, 1.807) is 0 Å². The van der Waals surface area contributed by atoms with Crippen molar-refractivity contribution in [3.63, 3.8) is 0 Å². The highest BCUT2D eigenvalue weighted by molar-refractivity contribution is 6.15. The van der Waals surface area contributed by atoms with Gasteiger partial charge in [-0.3, -0.25) is 0 Å². The summed E-state index contributed by atoms with van der Waals surface area (Å²) in [6.45, 7) is 0. The largest absolute Gasteiger partial charge is 0.309 e. The van der Waals surface area contributed by atoms with E-state index in [4.69, 9.17) is 19.9 Å². The first-order chi connectivity index (χ1) is 64.4. The molecule has 19 aromatic carbocycles. The van der Waals surface area contributed by atoms with E-state index in [0.29, 0.717) is 11.6 Å². The van der Waals surface area contributed by atoms with Gasteiger partial charge in [-0.15, -0.1) is 0 Å². The molecule has 0 fully saturated rings. The van der Waals surface area contributed by atoms with E-state index in [1.165, 1.54) is 121 Å². The second-order valence-corrected chi connectivity index (χ2v) is 33.2. The first-order valence-corrected chi connectivity index (χ1v) is 44.2. The van der Waals surface area contributed by atoms with Crippen LogP contribution in [0.2, 0.25) is 0 Å². The Kier molecular flexibility index (Phi) is 19.1. The molecule has 0 atom stereocenters. The Morgan fingerprint density at radius 2 is 0.292 bits per heavy atom. The van der Waals surface area contributed by atoms with E-state index in [9.17, 15) is 0 Å². The third-order valence-electron chi connectivity index (χ3n) is 25.5. The van der Waals surface area contributed by atoms with Crippen LogP contribution in [-0.4, -0.2) is 38.2 Å². The zero-order valence-electron chi connectivity index (χ0n) is 70.8. The van der Waals surface area contributed by atoms with E-state index in [2.05, 4.69) is 455 Å². The molecule has 0 bridgehead atoms. The van der Waals surface area contributed by atoms with Gasteiger partial charge >= 0.3 is 0 Å². The molecule has 0 saturated heterocycles. The molecule has 0 N–H and O–H groups in total. The Labute approximate surface area is 751 Å². The lowest BCUT2D eigenvalue weighted by Gasteiger charge is -2.12. The summed E-state index contributed by atoms with van der Waals surface area (Å²) in [7, 11) is 0. The van der Waals surface area contributed by atoms with Gasteiger partial charge in [0.15, 0.2) is 11.6 Å². The summed E-state index contributed by atoms with van der Waals surface area (Å²) < 4.78 is 9.50. The normalized spacial score (nSPS) is 11.5. The standard InChI is InChI=1S/C64H42N4.C58H38N4/c1-4-14-43(15-5-1)45-24-28-47(29-25-45)58-42-59(48-30-26-46(27-31-48)44-16-6-2-7-17-44)66-64(65-58)49-32-36-53(37-33-49)68-61-23-13-11-21-55(61)57-41-51(35-39-63(57)68)50-34-38-62-56(40-50)54-20-10-12-22-60(54)67(62)52-18-8-3-9-19-52;1-4-14-39(15-5-1)40-24-30-46(31-25-40)61-54-22-12-10-20-48(54)50-36-44(28-34-56(50)61)45-29-35-57-51(37-45)49-21-11-13-23-55(49)62(57)47-32-26-43(27-33-47)58-59-52(41-16-6-2-7-17-41)38-53(60-58)42-18-8-3-9-19-42/h1-42H;1-38H. The van der Waals surface area contributed by atoms with Crippen molar-refractivity contribution in [1.82, 2.24) is 38.2 Å². The second-order valence-electron chi connectivity index (χ2n) is 33.2. The number of nitrogens with zero attached hydrogens (tertiary/aromatic N) is 8. The van der Waals surface area contributed by atoms with Gasteiger partial charge in [0.2, 0.25) is 0 Å². The molecule has 130 heavy (non-hydrogen) atoms. The number of hydrogen-bond donors (Lipinski definition) is 0. The highest BCUT2D eigenvalue weighted by Crippen LogP contribution is 2.44. The molecular formula is C122H80N8. The summed E-state index contributed by atoms with van der Waals surface area (Å²) in [6, 6.07) is 173. The molecule has 0 aliphatic heterocycles. The number of benzene rings is 19. The molecule has 0 aliphatic rings. The minimum Gasteiger partial charge on any atom is -0.309 e. The summed E-state index contributed by atoms with van der Waals surface area (Å²) in [6.07, 6.45) is 0. The fraction of sp³-hybridized carbons (Fsp3) is 0. The van der Waals surface area contributed by atoms with Gasteiger partial charge in [0, 0.05) is 99.2 Å². The molecule has 25 rings (SSSR count). The number of rotatable bonds is 15. The minimum atomic E-state index is 0.680. The van der Waals surface area contributed by atoms with E-state index in [0.717, 1.165) is 101 Å². The Morgan fingerprint density at radius 3 is 0.562 bits per heavy atom. The third-order valence-corrected chi connectivity index (χ3v) is 25.5. The zero-order chi connectivity index (χ0) is 86.0. The van der Waals surface area contributed by atoms with Crippen LogP contribution >= 0.6 is 0 Å². The average molecular weight is 1660 g/mol. The molecule has 0 radical (unpaired) electrons. The molecule has 0 aliphatic carbocycles. The van der Waals surface area contributed by atoms with Gasteiger partial charge in [-0.2, -0.15) is 0 Å². The van der Waals surface area contributed by atoms with Gasteiger partial charge in [0.25, 0.3) is 0 Å². The van der Waals surface area contributed by atoms with Crippen LogP contribution in [0.1, 0.15) is 0 Å². The van der Waals surface area contributed by atoms with Gasteiger partial charge in [0.1, 0.15) is 0 Å². The van der Waals surface area contributed by atoms with Crippen molar-refractivity contribution in [2.45, 2.75) is 0 Å². The predicted octanol–water partition coefficient (Wildman–Crippen LogP) is 31.7. The monoisotopic (exact) mass is 1660 g/mol. The molecule has 25 aromatic rings. The van der Waals surface area contributed by atoms with Crippen LogP contribution in [0.4, 0.5) is 0 Å². The van der Waals surface area contributed by atoms with Crippen molar-refractivity contribution < 1.29 is 0 Å². The first kappa shape index (κ1) is 76.2. The maximum absolute atomic E-state index is 5.23. The second kappa shape index (κ2) is 32.6. The highest BCUT2D eigenvalue weighted by atomic mass is 15.0. The van der Waals surface area contributed by atoms with Crippen molar-refractivity contribution in [3.05, 3.63) is 485 Å². The number of aromatic nitrogens is 8. The van der Waals surface area contributed by atoms with Gasteiger partial charge in [-0.1, -0.05) is 328 Å². The molecule has 0 spiro atoms. The predicted molar refractivity (Wildman–Crippen MR) is 541 cm³/mol. The van der Waals surface area contributed by atoms with Crippen LogP contribution in [0, 0.1) is 0 Å². The zero-order valence-corrected chi connectivity index (χ0v) is 70.8. The maximum Gasteiger partial charge on any atom is 0.160 e. The van der Waals surface area contributed by atoms with Gasteiger partial charge in [-0.25, -0.2) is 19.9 Å². The Morgan fingerprint density at radius 1 is 0.115 bits per heavy atom. The van der Waals surface area contributed by atoms with Crippen molar-refractivity contribution in [2.24, 2.45) is 0 Å². The van der Waals surface area contributed by atoms with E-state index in [-0.39, 0.29) is 0 Å². The Bertz CT molecular complexity index is 8400. The summed E-state index contributed by atoms with van der Waals surface area (Å²) in [5, 5.41) is 9.84. The summed E-state index contributed by atoms with van der Waals surface area (Å²) in [5.74, 6) is 1.38. The summed E-state index contributed by atoms with van der Waals surface area (Å²) in [4.78, 5) is 20.6. The van der Waals surface area contributed by atoms with Crippen LogP contribution < -0.4 is 0 Å². The SMILES string of the molecule is c1ccc(-c2ccc(-c3cc(-c4ccc(-c5ccccc5)cc4)nc(-c4ccc(-n5c6ccccc6c6cc(-c7ccc8c(c7)c7ccccc7n8-c7ccccc7)ccc65)cc4)n3)cc2)cc1.c1ccc(-c2ccc(-n3c4ccccc4c4cc(-c5ccc6c(c5)c5ccccc5n6-c5ccc(-c6nc(-c7ccccc7)cc(-c7ccccc7)n6)cc5)ccc43)cc2)cc1. The smallest absolute Gasteiger partial charge is 0.160 e. The van der Waals surface area contributed by atoms with Gasteiger partial charge in [-0.05, 0) is 213 Å². The number of fused-ring (bicyclic) bond motifs is 12. The first-order valence-electron chi connectivity index (χ1n) is 44.2. The highest BCUT2D eigenvalue weighted by Gasteiger charge is 2.22. The van der Waals surface area contributed by atoms with E-state index >= 15 is 0 Å². The Hall–Kier alpha value is -17.5. The summed E-state index contributed by atoms with van der Waals surface area (Å²) in [5.41, 5.74) is 35.5. The van der Waals surface area contributed by atoms with E-state index in [1.807, 2.05) is 48.5 Å². The molecular weight excluding hydrogens is 1580 g/mol. The maximum atomic E-state index is 5.23. The Balaban J connectivity index is 0.000000145. The van der Waals surface area contributed by atoms with Crippen LogP contribution in [0.25, 0.3) is 233 Å². The van der Waals surface area contributed by atoms with Crippen molar-refractivity contribution >= 4 is 87.2 Å². The molecule has 8 heteroatoms. The van der Waals surface area contributed by atoms with Crippen LogP contribution in [0.3, 0.4) is 0 Å². The van der Waals surface area contributed by atoms with Crippen molar-refractivity contribution in [2.75, 3.05) is 0 Å². The fourth-order valence-corrected chi connectivity index (χ4v) is 19.1. The van der Waals surface area contributed by atoms with Crippen LogP contribution in [0.15, 0.2) is 485 Å². The van der Waals surface area contributed by atoms with Crippen LogP contribution in [-0.2, 0) is 0 Å². The molecule has 608 valence electrons. The molecule has 0 amide bonds. The fourth-order valence-electron chi connectivity index (χ4n) is 19.1. The lowest BCUT2D eigenvalue weighted by Crippen LogP contribution is -1.97. The summed E-state index contributed by atoms with van der Waals surface area (Å²) >= 11 is 0. The third kappa shape index (κ3) is 13.9.